The van der Waals surface area contributed by atoms with Gasteiger partial charge in [-0.2, -0.15) is 0 Å². The number of carbonyl (C=O) groups excluding carboxylic acids is 1. The molecule has 0 saturated carbocycles. The van der Waals surface area contributed by atoms with E-state index in [4.69, 9.17) is 4.74 Å². The van der Waals surface area contributed by atoms with Crippen LogP contribution in [0.4, 0.5) is 0 Å². The zero-order valence-electron chi connectivity index (χ0n) is 13.6. The molecule has 4 rings (SSSR count). The summed E-state index contributed by atoms with van der Waals surface area (Å²) in [4.78, 5) is 11.5. The van der Waals surface area contributed by atoms with Crippen LogP contribution in [0.25, 0.3) is 32.3 Å². The van der Waals surface area contributed by atoms with Gasteiger partial charge in [-0.05, 0) is 44.8 Å². The van der Waals surface area contributed by atoms with Crippen molar-refractivity contribution in [3.05, 3.63) is 72.3 Å². The number of ether oxygens (including phenoxy) is 1. The van der Waals surface area contributed by atoms with Gasteiger partial charge in [-0.3, -0.25) is 0 Å². The van der Waals surface area contributed by atoms with E-state index in [1.807, 2.05) is 0 Å². The lowest BCUT2D eigenvalue weighted by Crippen LogP contribution is -2.08. The molecule has 0 fully saturated rings. The lowest BCUT2D eigenvalue weighted by atomic mass is 9.91. The number of benzene rings is 4. The minimum absolute atomic E-state index is 0.326. The predicted octanol–water partition coefficient (Wildman–Crippen LogP) is 5.25. The van der Waals surface area contributed by atoms with Crippen molar-refractivity contribution >= 4 is 38.3 Å². The van der Waals surface area contributed by atoms with Crippen LogP contribution in [0.15, 0.2) is 66.7 Å². The summed E-state index contributed by atoms with van der Waals surface area (Å²) in [5, 5.41) is 7.62. The van der Waals surface area contributed by atoms with Crippen LogP contribution < -0.4 is 0 Å². The SMILES string of the molecule is C=C(C)C(=O)OCCc1ccc2ccc3cccc4ccc1c2c34. The van der Waals surface area contributed by atoms with Crippen LogP contribution in [-0.4, -0.2) is 12.6 Å². The van der Waals surface area contributed by atoms with Crippen molar-refractivity contribution in [2.24, 2.45) is 0 Å². The number of carbonyl (C=O) groups is 1. The number of hydrogen-bond donors (Lipinski definition) is 0. The van der Waals surface area contributed by atoms with Gasteiger partial charge in [0, 0.05) is 12.0 Å². The Hall–Kier alpha value is -2.87. The molecule has 0 aliphatic rings. The molecule has 0 radical (unpaired) electrons. The monoisotopic (exact) mass is 314 g/mol. The molecule has 2 heteroatoms. The van der Waals surface area contributed by atoms with Gasteiger partial charge in [-0.1, -0.05) is 61.2 Å². The highest BCUT2D eigenvalue weighted by atomic mass is 16.5. The summed E-state index contributed by atoms with van der Waals surface area (Å²) in [7, 11) is 0. The molecule has 0 amide bonds. The van der Waals surface area contributed by atoms with Gasteiger partial charge in [0.15, 0.2) is 0 Å². The summed E-state index contributed by atoms with van der Waals surface area (Å²) < 4.78 is 5.26. The zero-order valence-corrected chi connectivity index (χ0v) is 13.6. The fourth-order valence-electron chi connectivity index (χ4n) is 3.39. The van der Waals surface area contributed by atoms with Gasteiger partial charge in [0.1, 0.15) is 0 Å². The van der Waals surface area contributed by atoms with E-state index in [0.717, 1.165) is 0 Å². The first-order chi connectivity index (χ1) is 11.6. The number of esters is 1. The van der Waals surface area contributed by atoms with Crippen molar-refractivity contribution in [2.75, 3.05) is 6.61 Å². The highest BCUT2D eigenvalue weighted by Gasteiger charge is 2.11. The summed E-state index contributed by atoms with van der Waals surface area (Å²) in [5.41, 5.74) is 1.64. The van der Waals surface area contributed by atoms with Crippen molar-refractivity contribution in [1.82, 2.24) is 0 Å². The quantitative estimate of drug-likeness (QED) is 0.292. The lowest BCUT2D eigenvalue weighted by Gasteiger charge is -2.14. The minimum Gasteiger partial charge on any atom is -0.462 e. The Kier molecular flexibility index (Phi) is 3.46. The molecular weight excluding hydrogens is 296 g/mol. The van der Waals surface area contributed by atoms with Crippen molar-refractivity contribution in [3.8, 4) is 0 Å². The Labute approximate surface area is 140 Å². The van der Waals surface area contributed by atoms with Crippen molar-refractivity contribution < 1.29 is 9.53 Å². The molecule has 0 aromatic heterocycles. The average Bonchev–Trinajstić information content (AvgIpc) is 2.60. The Bertz CT molecular complexity index is 1060. The topological polar surface area (TPSA) is 26.3 Å². The van der Waals surface area contributed by atoms with Crippen LogP contribution in [0.1, 0.15) is 12.5 Å². The molecule has 0 aliphatic carbocycles. The average molecular weight is 314 g/mol. The lowest BCUT2D eigenvalue weighted by molar-refractivity contribution is -0.138. The molecule has 0 spiro atoms. The molecule has 0 aliphatic heterocycles. The minimum atomic E-state index is -0.326. The van der Waals surface area contributed by atoms with E-state index < -0.39 is 0 Å². The van der Waals surface area contributed by atoms with Crippen molar-refractivity contribution in [2.45, 2.75) is 13.3 Å². The van der Waals surface area contributed by atoms with Gasteiger partial charge in [-0.15, -0.1) is 0 Å². The third kappa shape index (κ3) is 2.31. The molecule has 0 N–H and O–H groups in total. The van der Waals surface area contributed by atoms with E-state index >= 15 is 0 Å². The first kappa shape index (κ1) is 14.7. The van der Waals surface area contributed by atoms with Crippen LogP contribution in [0.5, 0.6) is 0 Å². The second kappa shape index (κ2) is 5.64. The molecule has 118 valence electrons. The molecule has 2 nitrogen and oxygen atoms in total. The van der Waals surface area contributed by atoms with E-state index in [2.05, 4.69) is 61.2 Å². The van der Waals surface area contributed by atoms with Gasteiger partial charge in [0.2, 0.25) is 0 Å². The second-order valence-corrected chi connectivity index (χ2v) is 6.25. The Balaban J connectivity index is 1.79. The van der Waals surface area contributed by atoms with Gasteiger partial charge in [-0.25, -0.2) is 4.79 Å². The Morgan fingerprint density at radius 3 is 2.25 bits per heavy atom. The first-order valence-corrected chi connectivity index (χ1v) is 8.13. The number of hydrogen-bond acceptors (Lipinski definition) is 2. The Morgan fingerprint density at radius 1 is 0.917 bits per heavy atom. The summed E-state index contributed by atoms with van der Waals surface area (Å²) in [6.07, 6.45) is 0.702. The molecule has 4 aromatic rings. The normalized spacial score (nSPS) is 11.4. The van der Waals surface area contributed by atoms with E-state index in [-0.39, 0.29) is 5.97 Å². The maximum absolute atomic E-state index is 11.5. The standard InChI is InChI=1S/C22H18O2/c1-14(2)22(23)24-13-12-15-6-7-18-9-8-16-4-3-5-17-10-11-19(15)21(18)20(16)17/h3-11H,1,12-13H2,2H3. The molecule has 0 atom stereocenters. The zero-order chi connectivity index (χ0) is 16.7. The summed E-state index contributed by atoms with van der Waals surface area (Å²) in [5.74, 6) is -0.326. The highest BCUT2D eigenvalue weighted by molar-refractivity contribution is 6.23. The summed E-state index contributed by atoms with van der Waals surface area (Å²) in [6, 6.07) is 19.4. The molecule has 4 aromatic carbocycles. The van der Waals surface area contributed by atoms with Crippen LogP contribution in [0.2, 0.25) is 0 Å². The second-order valence-electron chi connectivity index (χ2n) is 6.25. The molecule has 0 bridgehead atoms. The van der Waals surface area contributed by atoms with E-state index in [0.29, 0.717) is 18.6 Å². The Morgan fingerprint density at radius 2 is 1.54 bits per heavy atom. The van der Waals surface area contributed by atoms with Gasteiger partial charge in [0.25, 0.3) is 0 Å². The van der Waals surface area contributed by atoms with Crippen LogP contribution in [0.3, 0.4) is 0 Å². The third-order valence-corrected chi connectivity index (χ3v) is 4.57. The van der Waals surface area contributed by atoms with Crippen LogP contribution >= 0.6 is 0 Å². The summed E-state index contributed by atoms with van der Waals surface area (Å²) in [6.45, 7) is 5.65. The smallest absolute Gasteiger partial charge is 0.333 e. The van der Waals surface area contributed by atoms with Gasteiger partial charge >= 0.3 is 5.97 Å². The van der Waals surface area contributed by atoms with Crippen LogP contribution in [-0.2, 0) is 16.0 Å². The van der Waals surface area contributed by atoms with E-state index in [1.54, 1.807) is 6.92 Å². The molecule has 0 saturated heterocycles. The number of rotatable bonds is 4. The van der Waals surface area contributed by atoms with Crippen LogP contribution in [0, 0.1) is 0 Å². The molecule has 0 heterocycles. The van der Waals surface area contributed by atoms with Crippen molar-refractivity contribution in [1.29, 1.82) is 0 Å². The van der Waals surface area contributed by atoms with Crippen molar-refractivity contribution in [3.63, 3.8) is 0 Å². The van der Waals surface area contributed by atoms with Gasteiger partial charge < -0.3 is 4.74 Å². The fraction of sp³-hybridized carbons (Fsp3) is 0.136. The summed E-state index contributed by atoms with van der Waals surface area (Å²) >= 11 is 0. The highest BCUT2D eigenvalue weighted by Crippen LogP contribution is 2.35. The maximum atomic E-state index is 11.5. The predicted molar refractivity (Wildman–Crippen MR) is 99.6 cm³/mol. The van der Waals surface area contributed by atoms with E-state index in [1.165, 1.54) is 37.9 Å². The maximum Gasteiger partial charge on any atom is 0.333 e. The molecule has 24 heavy (non-hydrogen) atoms. The third-order valence-electron chi connectivity index (χ3n) is 4.57. The van der Waals surface area contributed by atoms with E-state index in [9.17, 15) is 4.79 Å². The largest absolute Gasteiger partial charge is 0.462 e. The fourth-order valence-corrected chi connectivity index (χ4v) is 3.39. The van der Waals surface area contributed by atoms with Gasteiger partial charge in [0.05, 0.1) is 6.61 Å². The molecule has 0 unspecified atom stereocenters. The first-order valence-electron chi connectivity index (χ1n) is 8.13. The molecular formula is C22H18O2.